The number of halogens is 2. The van der Waals surface area contributed by atoms with E-state index in [-0.39, 0.29) is 17.3 Å². The summed E-state index contributed by atoms with van der Waals surface area (Å²) < 4.78 is 18.8. The van der Waals surface area contributed by atoms with Gasteiger partial charge in [-0.25, -0.2) is 9.37 Å². The highest BCUT2D eigenvalue weighted by molar-refractivity contribution is 9.10. The largest absolute Gasteiger partial charge is 0.434 e. The summed E-state index contributed by atoms with van der Waals surface area (Å²) in [5.74, 6) is -0.568. The molecule has 1 aromatic carbocycles. The van der Waals surface area contributed by atoms with Gasteiger partial charge >= 0.3 is 5.69 Å². The molecule has 92 valence electrons. The number of aromatic nitrogens is 1. The molecule has 0 radical (unpaired) electrons. The first-order valence-electron chi connectivity index (χ1n) is 4.79. The topological polar surface area (TPSA) is 65.3 Å². The number of rotatable bonds is 3. The minimum Gasteiger partial charge on any atom is -0.434 e. The van der Waals surface area contributed by atoms with Crippen LogP contribution in [0.4, 0.5) is 10.1 Å². The van der Waals surface area contributed by atoms with Crippen LogP contribution in [0.1, 0.15) is 0 Å². The number of hydrogen-bond acceptors (Lipinski definition) is 4. The highest BCUT2D eigenvalue weighted by Crippen LogP contribution is 2.30. The molecule has 0 unspecified atom stereocenters. The van der Waals surface area contributed by atoms with Gasteiger partial charge in [-0.1, -0.05) is 15.9 Å². The van der Waals surface area contributed by atoms with E-state index >= 15 is 0 Å². The third kappa shape index (κ3) is 2.80. The molecule has 0 N–H and O–H groups in total. The van der Waals surface area contributed by atoms with Crippen LogP contribution in [0.2, 0.25) is 0 Å². The molecular weight excluding hydrogens is 307 g/mol. The lowest BCUT2D eigenvalue weighted by Crippen LogP contribution is -1.95. The zero-order chi connectivity index (χ0) is 13.1. The molecule has 5 nitrogen and oxygen atoms in total. The van der Waals surface area contributed by atoms with Gasteiger partial charge in [0.05, 0.1) is 4.92 Å². The van der Waals surface area contributed by atoms with Crippen LogP contribution in [-0.2, 0) is 0 Å². The number of nitro groups is 1. The number of nitrogens with zero attached hydrogens (tertiary/aromatic N) is 2. The molecule has 0 fully saturated rings. The van der Waals surface area contributed by atoms with E-state index in [1.165, 1.54) is 30.5 Å². The van der Waals surface area contributed by atoms with Gasteiger partial charge in [0.2, 0.25) is 0 Å². The van der Waals surface area contributed by atoms with E-state index < -0.39 is 10.7 Å². The Balaban J connectivity index is 2.37. The average molecular weight is 313 g/mol. The zero-order valence-corrected chi connectivity index (χ0v) is 10.4. The van der Waals surface area contributed by atoms with Gasteiger partial charge in [-0.2, -0.15) is 0 Å². The molecule has 0 aliphatic heterocycles. The molecule has 0 bridgehead atoms. The van der Waals surface area contributed by atoms with E-state index in [9.17, 15) is 14.5 Å². The van der Waals surface area contributed by atoms with Gasteiger partial charge in [0.1, 0.15) is 11.6 Å². The van der Waals surface area contributed by atoms with E-state index in [4.69, 9.17) is 4.74 Å². The summed E-state index contributed by atoms with van der Waals surface area (Å²) in [6.07, 6.45) is 1.36. The lowest BCUT2D eigenvalue weighted by Gasteiger charge is -2.05. The summed E-state index contributed by atoms with van der Waals surface area (Å²) in [6, 6.07) is 6.54. The van der Waals surface area contributed by atoms with Gasteiger partial charge in [0.15, 0.2) is 0 Å². The van der Waals surface area contributed by atoms with Crippen LogP contribution >= 0.6 is 15.9 Å². The van der Waals surface area contributed by atoms with Crippen LogP contribution in [0.3, 0.4) is 0 Å². The maximum atomic E-state index is 13.1. The zero-order valence-electron chi connectivity index (χ0n) is 8.84. The standard InChI is InChI=1S/C11H6BrFN2O3/c12-7-4-8(13)6-9(5-7)18-11-10(15(16)17)2-1-3-14-11/h1-6H. The van der Waals surface area contributed by atoms with E-state index in [1.54, 1.807) is 0 Å². The van der Waals surface area contributed by atoms with Crippen molar-refractivity contribution in [2.75, 3.05) is 0 Å². The molecule has 1 heterocycles. The maximum Gasteiger partial charge on any atom is 0.331 e. The summed E-state index contributed by atoms with van der Waals surface area (Å²) in [5.41, 5.74) is -0.280. The predicted octanol–water partition coefficient (Wildman–Crippen LogP) is 3.68. The quantitative estimate of drug-likeness (QED) is 0.640. The molecule has 0 aliphatic rings. The van der Waals surface area contributed by atoms with Gasteiger partial charge in [-0.3, -0.25) is 10.1 Å². The molecule has 2 rings (SSSR count). The highest BCUT2D eigenvalue weighted by atomic mass is 79.9. The van der Waals surface area contributed by atoms with Crippen molar-refractivity contribution >= 4 is 21.6 Å². The molecule has 0 saturated heterocycles. The molecule has 7 heteroatoms. The molecule has 0 aliphatic carbocycles. The van der Waals surface area contributed by atoms with Crippen molar-refractivity contribution in [2.45, 2.75) is 0 Å². The summed E-state index contributed by atoms with van der Waals surface area (Å²) in [6.45, 7) is 0. The Morgan fingerprint density at radius 3 is 2.83 bits per heavy atom. The third-order valence-electron chi connectivity index (χ3n) is 2.00. The fourth-order valence-corrected chi connectivity index (χ4v) is 1.74. The van der Waals surface area contributed by atoms with Crippen molar-refractivity contribution in [3.63, 3.8) is 0 Å². The van der Waals surface area contributed by atoms with Crippen molar-refractivity contribution < 1.29 is 14.1 Å². The average Bonchev–Trinajstić information content (AvgIpc) is 2.27. The van der Waals surface area contributed by atoms with E-state index in [0.29, 0.717) is 4.47 Å². The Labute approximate surface area is 110 Å². The third-order valence-corrected chi connectivity index (χ3v) is 2.46. The molecule has 0 amide bonds. The van der Waals surface area contributed by atoms with Crippen molar-refractivity contribution in [3.05, 3.63) is 56.9 Å². The minimum atomic E-state index is -0.614. The fourth-order valence-electron chi connectivity index (χ4n) is 1.30. The number of pyridine rings is 1. The predicted molar refractivity (Wildman–Crippen MR) is 65.1 cm³/mol. The molecule has 2 aromatic rings. The summed E-state index contributed by atoms with van der Waals surface area (Å²) in [5, 5.41) is 10.7. The van der Waals surface area contributed by atoms with Crippen LogP contribution in [0.25, 0.3) is 0 Å². The van der Waals surface area contributed by atoms with Gasteiger partial charge in [0.25, 0.3) is 5.88 Å². The highest BCUT2D eigenvalue weighted by Gasteiger charge is 2.16. The van der Waals surface area contributed by atoms with Crippen molar-refractivity contribution in [2.24, 2.45) is 0 Å². The normalized spacial score (nSPS) is 10.1. The second-order valence-corrected chi connectivity index (χ2v) is 4.21. The Kier molecular flexibility index (Phi) is 3.52. The lowest BCUT2D eigenvalue weighted by atomic mass is 10.3. The van der Waals surface area contributed by atoms with Crippen LogP contribution in [0.15, 0.2) is 41.0 Å². The Morgan fingerprint density at radius 1 is 1.39 bits per heavy atom. The molecule has 0 saturated carbocycles. The van der Waals surface area contributed by atoms with Crippen molar-refractivity contribution in [1.82, 2.24) is 4.98 Å². The molecule has 1 aromatic heterocycles. The first-order chi connectivity index (χ1) is 8.56. The van der Waals surface area contributed by atoms with Gasteiger partial charge in [-0.15, -0.1) is 0 Å². The lowest BCUT2D eigenvalue weighted by molar-refractivity contribution is -0.386. The number of benzene rings is 1. The minimum absolute atomic E-state index is 0.128. The fraction of sp³-hybridized carbons (Fsp3) is 0. The SMILES string of the molecule is O=[N+]([O-])c1cccnc1Oc1cc(F)cc(Br)c1. The van der Waals surface area contributed by atoms with E-state index in [1.807, 2.05) is 0 Å². The number of ether oxygens (including phenoxy) is 1. The maximum absolute atomic E-state index is 13.1. The molecule has 0 spiro atoms. The smallest absolute Gasteiger partial charge is 0.331 e. The van der Waals surface area contributed by atoms with Crippen LogP contribution in [0.5, 0.6) is 11.6 Å². The van der Waals surface area contributed by atoms with Crippen LogP contribution < -0.4 is 4.74 Å². The summed E-state index contributed by atoms with van der Waals surface area (Å²) in [7, 11) is 0. The van der Waals surface area contributed by atoms with Crippen molar-refractivity contribution in [3.8, 4) is 11.6 Å². The Morgan fingerprint density at radius 2 is 2.17 bits per heavy atom. The monoisotopic (exact) mass is 312 g/mol. The van der Waals surface area contributed by atoms with Gasteiger partial charge < -0.3 is 4.74 Å². The van der Waals surface area contributed by atoms with E-state index in [0.717, 1.165) is 6.07 Å². The summed E-state index contributed by atoms with van der Waals surface area (Å²) >= 11 is 3.10. The number of hydrogen-bond donors (Lipinski definition) is 0. The first kappa shape index (κ1) is 12.4. The molecule has 0 atom stereocenters. The first-order valence-corrected chi connectivity index (χ1v) is 5.59. The molecule has 18 heavy (non-hydrogen) atoms. The Bertz CT molecular complexity index is 586. The van der Waals surface area contributed by atoms with Gasteiger partial charge in [-0.05, 0) is 18.2 Å². The molecular formula is C11H6BrFN2O3. The Hall–Kier alpha value is -2.02. The second kappa shape index (κ2) is 5.09. The van der Waals surface area contributed by atoms with Crippen LogP contribution in [0, 0.1) is 15.9 Å². The van der Waals surface area contributed by atoms with Crippen LogP contribution in [-0.4, -0.2) is 9.91 Å². The van der Waals surface area contributed by atoms with E-state index in [2.05, 4.69) is 20.9 Å². The van der Waals surface area contributed by atoms with Gasteiger partial charge in [0, 0.05) is 22.8 Å². The second-order valence-electron chi connectivity index (χ2n) is 3.29. The summed E-state index contributed by atoms with van der Waals surface area (Å²) in [4.78, 5) is 13.9. The van der Waals surface area contributed by atoms with Crippen molar-refractivity contribution in [1.29, 1.82) is 0 Å².